The Morgan fingerprint density at radius 2 is 1.89 bits per heavy atom. The van der Waals surface area contributed by atoms with Gasteiger partial charge in [-0.15, -0.1) is 4.40 Å². The van der Waals surface area contributed by atoms with Crippen LogP contribution in [0.5, 0.6) is 0 Å². The summed E-state index contributed by atoms with van der Waals surface area (Å²) in [4.78, 5) is 12.5. The topological polar surface area (TPSA) is 78.8 Å². The van der Waals surface area contributed by atoms with Crippen molar-refractivity contribution in [2.24, 2.45) is 4.40 Å². The SMILES string of the molecule is Cc1ccc(S(=O)(=O)/N=C2/CNC(=O)N2C)cc1. The van der Waals surface area contributed by atoms with Crippen LogP contribution in [0.2, 0.25) is 0 Å². The molecule has 0 radical (unpaired) electrons. The number of hydrogen-bond donors (Lipinski definition) is 1. The predicted octanol–water partition coefficient (Wildman–Crippen LogP) is 0.737. The Hall–Kier alpha value is -1.89. The maximum Gasteiger partial charge on any atom is 0.322 e. The van der Waals surface area contributed by atoms with Crippen LogP contribution in [0.15, 0.2) is 33.6 Å². The summed E-state index contributed by atoms with van der Waals surface area (Å²) in [6.45, 7) is 2.00. The number of carbonyl (C=O) groups excluding carboxylic acids is 1. The highest BCUT2D eigenvalue weighted by atomic mass is 32.2. The molecule has 0 atom stereocenters. The fourth-order valence-corrected chi connectivity index (χ4v) is 2.55. The molecule has 2 rings (SSSR count). The number of urea groups is 1. The van der Waals surface area contributed by atoms with E-state index in [0.29, 0.717) is 0 Å². The Morgan fingerprint density at radius 3 is 2.39 bits per heavy atom. The van der Waals surface area contributed by atoms with Crippen LogP contribution in [0.3, 0.4) is 0 Å². The van der Waals surface area contributed by atoms with Crippen molar-refractivity contribution < 1.29 is 13.2 Å². The Balaban J connectivity index is 2.36. The third kappa shape index (κ3) is 2.35. The van der Waals surface area contributed by atoms with Crippen molar-refractivity contribution in [3.8, 4) is 0 Å². The molecule has 1 aliphatic heterocycles. The Labute approximate surface area is 105 Å². The fourth-order valence-electron chi connectivity index (χ4n) is 1.50. The summed E-state index contributed by atoms with van der Waals surface area (Å²) in [7, 11) is -2.28. The number of sulfonamides is 1. The molecule has 96 valence electrons. The minimum atomic E-state index is -3.76. The first-order chi connectivity index (χ1) is 8.40. The van der Waals surface area contributed by atoms with E-state index in [-0.39, 0.29) is 23.3 Å². The van der Waals surface area contributed by atoms with Crippen molar-refractivity contribution in [2.75, 3.05) is 13.6 Å². The first-order valence-corrected chi connectivity index (χ1v) is 6.76. The van der Waals surface area contributed by atoms with Gasteiger partial charge in [0.25, 0.3) is 10.0 Å². The van der Waals surface area contributed by atoms with Crippen molar-refractivity contribution in [2.45, 2.75) is 11.8 Å². The summed E-state index contributed by atoms with van der Waals surface area (Å²) in [6.07, 6.45) is 0. The fraction of sp³-hybridized carbons (Fsp3) is 0.273. The Morgan fingerprint density at radius 1 is 1.28 bits per heavy atom. The van der Waals surface area contributed by atoms with Crippen LogP contribution < -0.4 is 5.32 Å². The smallest absolute Gasteiger partial charge is 0.322 e. The van der Waals surface area contributed by atoms with E-state index in [2.05, 4.69) is 9.71 Å². The molecule has 0 unspecified atom stereocenters. The summed E-state index contributed by atoms with van der Waals surface area (Å²) >= 11 is 0. The molecule has 0 aliphatic carbocycles. The average Bonchev–Trinajstić information content (AvgIpc) is 2.61. The van der Waals surface area contributed by atoms with Gasteiger partial charge in [-0.1, -0.05) is 17.7 Å². The highest BCUT2D eigenvalue weighted by Gasteiger charge is 2.25. The Bertz CT molecular complexity index is 605. The first-order valence-electron chi connectivity index (χ1n) is 5.32. The molecule has 1 aliphatic rings. The van der Waals surface area contributed by atoms with Gasteiger partial charge in [-0.2, -0.15) is 8.42 Å². The number of amides is 2. The lowest BCUT2D eigenvalue weighted by Gasteiger charge is -2.07. The average molecular weight is 267 g/mol. The van der Waals surface area contributed by atoms with Crippen molar-refractivity contribution in [3.63, 3.8) is 0 Å². The van der Waals surface area contributed by atoms with Gasteiger partial charge in [0, 0.05) is 7.05 Å². The molecule has 1 aromatic rings. The lowest BCUT2D eigenvalue weighted by atomic mass is 10.2. The van der Waals surface area contributed by atoms with Crippen LogP contribution in [-0.2, 0) is 10.0 Å². The minimum absolute atomic E-state index is 0.119. The quantitative estimate of drug-likeness (QED) is 0.858. The zero-order valence-corrected chi connectivity index (χ0v) is 10.9. The largest absolute Gasteiger partial charge is 0.330 e. The van der Waals surface area contributed by atoms with Crippen LogP contribution in [-0.4, -0.2) is 38.8 Å². The van der Waals surface area contributed by atoms with Crippen molar-refractivity contribution in [1.29, 1.82) is 0 Å². The second-order valence-electron chi connectivity index (χ2n) is 4.01. The molecular formula is C11H13N3O3S. The van der Waals surface area contributed by atoms with E-state index in [4.69, 9.17) is 0 Å². The summed E-state index contributed by atoms with van der Waals surface area (Å²) in [5, 5.41) is 2.49. The lowest BCUT2D eigenvalue weighted by Crippen LogP contribution is -2.26. The third-order valence-electron chi connectivity index (χ3n) is 2.63. The van der Waals surface area contributed by atoms with Crippen LogP contribution in [0.4, 0.5) is 4.79 Å². The highest BCUT2D eigenvalue weighted by Crippen LogP contribution is 2.14. The molecule has 7 heteroatoms. The molecule has 6 nitrogen and oxygen atoms in total. The lowest BCUT2D eigenvalue weighted by molar-refractivity contribution is 0.233. The van der Waals surface area contributed by atoms with Gasteiger partial charge in [-0.25, -0.2) is 4.79 Å². The molecule has 18 heavy (non-hydrogen) atoms. The van der Waals surface area contributed by atoms with Gasteiger partial charge >= 0.3 is 6.03 Å². The monoisotopic (exact) mass is 267 g/mol. The van der Waals surface area contributed by atoms with Gasteiger partial charge in [0.05, 0.1) is 11.4 Å². The summed E-state index contributed by atoms with van der Waals surface area (Å²) in [6, 6.07) is 6.05. The van der Waals surface area contributed by atoms with Crippen LogP contribution >= 0.6 is 0 Å². The van der Waals surface area contributed by atoms with Crippen LogP contribution in [0, 0.1) is 6.92 Å². The molecule has 0 saturated carbocycles. The van der Waals surface area contributed by atoms with E-state index in [1.54, 1.807) is 12.1 Å². The van der Waals surface area contributed by atoms with Gasteiger partial charge in [-0.05, 0) is 19.1 Å². The van der Waals surface area contributed by atoms with Gasteiger partial charge in [-0.3, -0.25) is 4.90 Å². The van der Waals surface area contributed by atoms with E-state index in [9.17, 15) is 13.2 Å². The number of rotatable bonds is 2. The minimum Gasteiger partial charge on any atom is -0.330 e. The molecule has 0 bridgehead atoms. The number of nitrogens with one attached hydrogen (secondary N) is 1. The van der Waals surface area contributed by atoms with E-state index >= 15 is 0 Å². The maximum atomic E-state index is 12.0. The zero-order valence-electron chi connectivity index (χ0n) is 10.0. The standard InChI is InChI=1S/C11H13N3O3S/c1-8-3-5-9(6-4-8)18(16,17)13-10-7-12-11(15)14(10)2/h3-6H,7H2,1-2H3,(H,12,15)/b13-10-. The molecular weight excluding hydrogens is 254 g/mol. The molecule has 1 heterocycles. The predicted molar refractivity (Wildman–Crippen MR) is 67.0 cm³/mol. The van der Waals surface area contributed by atoms with Gasteiger partial charge in [0.15, 0.2) is 0 Å². The molecule has 0 aromatic heterocycles. The summed E-state index contributed by atoms with van der Waals surface area (Å²) < 4.78 is 27.7. The van der Waals surface area contributed by atoms with E-state index < -0.39 is 10.0 Å². The first kappa shape index (κ1) is 12.6. The molecule has 1 aromatic carbocycles. The number of hydrogen-bond acceptors (Lipinski definition) is 3. The van der Waals surface area contributed by atoms with Crippen LogP contribution in [0.1, 0.15) is 5.56 Å². The third-order valence-corrected chi connectivity index (χ3v) is 3.95. The normalized spacial score (nSPS) is 18.2. The van der Waals surface area contributed by atoms with Gasteiger partial charge < -0.3 is 5.32 Å². The molecule has 2 amide bonds. The number of aryl methyl sites for hydroxylation is 1. The number of carbonyl (C=O) groups is 1. The Kier molecular flexibility index (Phi) is 3.08. The van der Waals surface area contributed by atoms with Crippen LogP contribution in [0.25, 0.3) is 0 Å². The van der Waals surface area contributed by atoms with E-state index in [0.717, 1.165) is 5.56 Å². The number of benzene rings is 1. The number of nitrogens with zero attached hydrogens (tertiary/aromatic N) is 2. The molecule has 0 spiro atoms. The second kappa shape index (κ2) is 4.41. The second-order valence-corrected chi connectivity index (χ2v) is 5.62. The summed E-state index contributed by atoms with van der Waals surface area (Å²) in [5.74, 6) is 0.195. The number of likely N-dealkylation sites (N-methyl/N-ethyl adjacent to an activating group) is 1. The molecule has 1 fully saturated rings. The molecule has 1 saturated heterocycles. The van der Waals surface area contributed by atoms with E-state index in [1.165, 1.54) is 24.1 Å². The van der Waals surface area contributed by atoms with Crippen molar-refractivity contribution in [3.05, 3.63) is 29.8 Å². The zero-order chi connectivity index (χ0) is 13.3. The maximum absolute atomic E-state index is 12.0. The number of amidine groups is 1. The summed E-state index contributed by atoms with van der Waals surface area (Å²) in [5.41, 5.74) is 0.969. The highest BCUT2D eigenvalue weighted by molar-refractivity contribution is 7.90. The van der Waals surface area contributed by atoms with E-state index in [1.807, 2.05) is 6.92 Å². The molecule has 1 N–H and O–H groups in total. The van der Waals surface area contributed by atoms with Gasteiger partial charge in [0.2, 0.25) is 0 Å². The van der Waals surface area contributed by atoms with Crippen molar-refractivity contribution >= 4 is 21.9 Å². The van der Waals surface area contributed by atoms with Gasteiger partial charge in [0.1, 0.15) is 5.84 Å². The van der Waals surface area contributed by atoms with Crippen molar-refractivity contribution in [1.82, 2.24) is 10.2 Å².